The smallest absolute Gasteiger partial charge is 0.203 e. The lowest BCUT2D eigenvalue weighted by atomic mass is 9.93. The molecule has 3 atom stereocenters. The van der Waals surface area contributed by atoms with Gasteiger partial charge in [0.15, 0.2) is 0 Å². The number of nitrogens with zero attached hydrogens (tertiary/aromatic N) is 2. The van der Waals surface area contributed by atoms with Crippen molar-refractivity contribution in [2.45, 2.75) is 45.6 Å². The van der Waals surface area contributed by atoms with Crippen molar-refractivity contribution >= 4 is 5.95 Å². The summed E-state index contributed by atoms with van der Waals surface area (Å²) in [6.07, 6.45) is 8.97. The van der Waals surface area contributed by atoms with Gasteiger partial charge in [0.1, 0.15) is 0 Å². The molecule has 1 N–H and O–H groups in total. The van der Waals surface area contributed by atoms with Crippen LogP contribution in [0, 0.1) is 11.8 Å². The maximum absolute atomic E-state index is 5.07. The number of anilines is 1. The Hall–Kier alpha value is -1.03. The van der Waals surface area contributed by atoms with Crippen molar-refractivity contribution in [2.24, 2.45) is 11.8 Å². The molecule has 1 aliphatic carbocycles. The number of aromatic nitrogens is 2. The van der Waals surface area contributed by atoms with E-state index < -0.39 is 0 Å². The van der Waals surface area contributed by atoms with E-state index in [2.05, 4.69) is 34.9 Å². The van der Waals surface area contributed by atoms with Gasteiger partial charge >= 0.3 is 0 Å². The van der Waals surface area contributed by atoms with Gasteiger partial charge in [-0.05, 0) is 31.1 Å². The van der Waals surface area contributed by atoms with E-state index in [-0.39, 0.29) is 0 Å². The lowest BCUT2D eigenvalue weighted by molar-refractivity contribution is 0.197. The molecule has 108 valence electrons. The minimum absolute atomic E-state index is 0.609. The van der Waals surface area contributed by atoms with E-state index in [4.69, 9.17) is 4.74 Å². The first-order valence-corrected chi connectivity index (χ1v) is 7.53. The van der Waals surface area contributed by atoms with Crippen LogP contribution in [-0.4, -0.2) is 29.8 Å². The Balaban J connectivity index is 1.95. The second-order valence-corrected chi connectivity index (χ2v) is 5.60. The van der Waals surface area contributed by atoms with Gasteiger partial charge in [0.2, 0.25) is 5.95 Å². The molecule has 1 fully saturated rings. The van der Waals surface area contributed by atoms with Gasteiger partial charge in [0, 0.05) is 38.7 Å². The first kappa shape index (κ1) is 14.4. The van der Waals surface area contributed by atoms with Gasteiger partial charge in [-0.3, -0.25) is 0 Å². The third kappa shape index (κ3) is 3.30. The molecule has 1 aromatic heterocycles. The fourth-order valence-corrected chi connectivity index (χ4v) is 3.33. The van der Waals surface area contributed by atoms with Crippen LogP contribution in [-0.2, 0) is 4.74 Å². The molecule has 1 saturated carbocycles. The Labute approximate surface area is 116 Å². The molecule has 0 radical (unpaired) electrons. The van der Waals surface area contributed by atoms with E-state index in [0.717, 1.165) is 37.4 Å². The fraction of sp³-hybridized carbons (Fsp3) is 0.800. The minimum atomic E-state index is 0.609. The Bertz CT molecular complexity index is 377. The van der Waals surface area contributed by atoms with Gasteiger partial charge in [-0.15, -0.1) is 0 Å². The predicted molar refractivity (Wildman–Crippen MR) is 78.4 cm³/mol. The van der Waals surface area contributed by atoms with Crippen molar-refractivity contribution in [3.05, 3.63) is 12.4 Å². The molecule has 19 heavy (non-hydrogen) atoms. The van der Waals surface area contributed by atoms with Crippen LogP contribution < -0.4 is 5.32 Å². The van der Waals surface area contributed by atoms with E-state index in [9.17, 15) is 0 Å². The summed E-state index contributed by atoms with van der Waals surface area (Å²) >= 11 is 0. The number of nitrogens with one attached hydrogen (secondary N) is 1. The van der Waals surface area contributed by atoms with Crippen molar-refractivity contribution in [3.63, 3.8) is 0 Å². The number of rotatable bonds is 7. The van der Waals surface area contributed by atoms with Gasteiger partial charge in [0.05, 0.1) is 0 Å². The Morgan fingerprint density at radius 2 is 2.32 bits per heavy atom. The molecule has 3 unspecified atom stereocenters. The summed E-state index contributed by atoms with van der Waals surface area (Å²) in [7, 11) is 1.74. The standard InChI is InChI=1S/C15H27N3O/c1-4-13-6-7-14(12(13)2)18-10-9-17-15(18)16-8-5-11-19-3/h9-10,12-14H,4-8,11H2,1-3H3,(H,16,17). The summed E-state index contributed by atoms with van der Waals surface area (Å²) in [5, 5.41) is 3.43. The molecule has 0 amide bonds. The maximum atomic E-state index is 5.07. The third-order valence-corrected chi connectivity index (χ3v) is 4.54. The highest BCUT2D eigenvalue weighted by Gasteiger charge is 2.33. The van der Waals surface area contributed by atoms with Crippen molar-refractivity contribution in [1.82, 2.24) is 9.55 Å². The fourth-order valence-electron chi connectivity index (χ4n) is 3.33. The monoisotopic (exact) mass is 265 g/mol. The number of hydrogen-bond donors (Lipinski definition) is 1. The van der Waals surface area contributed by atoms with E-state index in [1.807, 2.05) is 6.20 Å². The molecule has 0 bridgehead atoms. The average Bonchev–Trinajstić information content (AvgIpc) is 3.01. The van der Waals surface area contributed by atoms with E-state index in [1.54, 1.807) is 7.11 Å². The van der Waals surface area contributed by atoms with E-state index in [0.29, 0.717) is 6.04 Å². The lowest BCUT2D eigenvalue weighted by Crippen LogP contribution is -2.18. The van der Waals surface area contributed by atoms with Crippen molar-refractivity contribution in [3.8, 4) is 0 Å². The zero-order chi connectivity index (χ0) is 13.7. The number of imidazole rings is 1. The molecule has 4 heteroatoms. The molecule has 1 heterocycles. The van der Waals surface area contributed by atoms with Crippen LogP contribution >= 0.6 is 0 Å². The lowest BCUT2D eigenvalue weighted by Gasteiger charge is -2.23. The zero-order valence-corrected chi connectivity index (χ0v) is 12.4. The highest BCUT2D eigenvalue weighted by molar-refractivity contribution is 5.27. The number of methoxy groups -OCH3 is 1. The van der Waals surface area contributed by atoms with Crippen LogP contribution in [0.4, 0.5) is 5.95 Å². The molecule has 1 aliphatic rings. The molecule has 2 rings (SSSR count). The summed E-state index contributed by atoms with van der Waals surface area (Å²) < 4.78 is 7.41. The Morgan fingerprint density at radius 3 is 3.00 bits per heavy atom. The highest BCUT2D eigenvalue weighted by Crippen LogP contribution is 2.42. The van der Waals surface area contributed by atoms with E-state index in [1.165, 1.54) is 19.3 Å². The van der Waals surface area contributed by atoms with Crippen LogP contribution in [0.2, 0.25) is 0 Å². The zero-order valence-electron chi connectivity index (χ0n) is 12.4. The highest BCUT2D eigenvalue weighted by atomic mass is 16.5. The van der Waals surface area contributed by atoms with Gasteiger partial charge in [-0.1, -0.05) is 20.3 Å². The second kappa shape index (κ2) is 6.94. The molecule has 4 nitrogen and oxygen atoms in total. The molecule has 0 aromatic carbocycles. The van der Waals surface area contributed by atoms with Crippen LogP contribution in [0.5, 0.6) is 0 Å². The van der Waals surface area contributed by atoms with E-state index >= 15 is 0 Å². The first-order valence-electron chi connectivity index (χ1n) is 7.53. The second-order valence-electron chi connectivity index (χ2n) is 5.60. The molecule has 0 aliphatic heterocycles. The topological polar surface area (TPSA) is 39.1 Å². The third-order valence-electron chi connectivity index (χ3n) is 4.54. The molecule has 1 aromatic rings. The minimum Gasteiger partial charge on any atom is -0.385 e. The average molecular weight is 265 g/mol. The summed E-state index contributed by atoms with van der Waals surface area (Å²) in [4.78, 5) is 4.45. The summed E-state index contributed by atoms with van der Waals surface area (Å²) in [5.41, 5.74) is 0. The van der Waals surface area contributed by atoms with Crippen molar-refractivity contribution < 1.29 is 4.74 Å². The van der Waals surface area contributed by atoms with Crippen LogP contribution in [0.25, 0.3) is 0 Å². The predicted octanol–water partition coefficient (Wildman–Crippen LogP) is 3.33. The molecular weight excluding hydrogens is 238 g/mol. The van der Waals surface area contributed by atoms with Crippen molar-refractivity contribution in [2.75, 3.05) is 25.6 Å². The van der Waals surface area contributed by atoms with Crippen LogP contribution in [0.3, 0.4) is 0 Å². The first-order chi connectivity index (χ1) is 9.27. The van der Waals surface area contributed by atoms with Gasteiger partial charge in [-0.2, -0.15) is 0 Å². The number of hydrogen-bond acceptors (Lipinski definition) is 3. The van der Waals surface area contributed by atoms with Gasteiger partial charge in [0.25, 0.3) is 0 Å². The summed E-state index contributed by atoms with van der Waals surface area (Å²) in [6.45, 7) is 6.41. The SMILES string of the molecule is CCC1CCC(n2ccnc2NCCCOC)C1C. The molecule has 0 saturated heterocycles. The largest absolute Gasteiger partial charge is 0.385 e. The maximum Gasteiger partial charge on any atom is 0.203 e. The van der Waals surface area contributed by atoms with Crippen LogP contribution in [0.15, 0.2) is 12.4 Å². The Morgan fingerprint density at radius 1 is 1.47 bits per heavy atom. The number of ether oxygens (including phenoxy) is 1. The summed E-state index contributed by atoms with van der Waals surface area (Å²) in [6, 6.07) is 0.609. The van der Waals surface area contributed by atoms with Gasteiger partial charge in [-0.25, -0.2) is 4.98 Å². The van der Waals surface area contributed by atoms with Gasteiger partial charge < -0.3 is 14.6 Å². The Kier molecular flexibility index (Phi) is 5.25. The molecule has 0 spiro atoms. The van der Waals surface area contributed by atoms with Crippen LogP contribution in [0.1, 0.15) is 45.6 Å². The molecular formula is C15H27N3O. The van der Waals surface area contributed by atoms with Crippen molar-refractivity contribution in [1.29, 1.82) is 0 Å². The normalized spacial score (nSPS) is 26.8. The quantitative estimate of drug-likeness (QED) is 0.769. The summed E-state index contributed by atoms with van der Waals surface area (Å²) in [5.74, 6) is 2.64.